The van der Waals surface area contributed by atoms with Gasteiger partial charge in [-0.25, -0.2) is 4.39 Å². The van der Waals surface area contributed by atoms with E-state index in [9.17, 15) is 17.6 Å². The van der Waals surface area contributed by atoms with E-state index in [1.165, 1.54) is 18.2 Å². The average Bonchev–Trinajstić information content (AvgIpc) is 2.80. The molecule has 0 fully saturated rings. The third-order valence-electron chi connectivity index (χ3n) is 2.64. The van der Waals surface area contributed by atoms with Crippen molar-refractivity contribution in [2.45, 2.75) is 12.7 Å². The molecule has 0 aliphatic heterocycles. The molecule has 0 atom stereocenters. The first-order valence-electron chi connectivity index (χ1n) is 5.46. The van der Waals surface area contributed by atoms with Gasteiger partial charge in [-0.05, 0) is 6.07 Å². The van der Waals surface area contributed by atoms with E-state index in [0.29, 0.717) is 6.20 Å². The van der Waals surface area contributed by atoms with E-state index in [1.54, 1.807) is 0 Å². The zero-order chi connectivity index (χ0) is 14.9. The smallest absolute Gasteiger partial charge is 0.389 e. The van der Waals surface area contributed by atoms with Crippen LogP contribution in [0.1, 0.15) is 16.7 Å². The molecule has 0 aliphatic carbocycles. The van der Waals surface area contributed by atoms with Gasteiger partial charge in [-0.1, -0.05) is 24.4 Å². The van der Waals surface area contributed by atoms with E-state index >= 15 is 0 Å². The van der Waals surface area contributed by atoms with Crippen molar-refractivity contribution in [3.05, 3.63) is 53.1 Å². The third-order valence-corrected chi connectivity index (χ3v) is 2.86. The van der Waals surface area contributed by atoms with Crippen LogP contribution in [0, 0.1) is 5.82 Å². The van der Waals surface area contributed by atoms with E-state index in [-0.39, 0.29) is 22.7 Å². The molecule has 1 heterocycles. The summed E-state index contributed by atoms with van der Waals surface area (Å²) in [5.74, 6) is -0.649. The molecule has 0 radical (unpaired) electrons. The summed E-state index contributed by atoms with van der Waals surface area (Å²) >= 11 is 4.69. The number of nitrogens with two attached hydrogens (primary N) is 1. The Balaban J connectivity index is 2.29. The predicted octanol–water partition coefficient (Wildman–Crippen LogP) is 2.72. The molecule has 0 amide bonds. The Kier molecular flexibility index (Phi) is 3.76. The second-order valence-corrected chi connectivity index (χ2v) is 4.51. The van der Waals surface area contributed by atoms with Gasteiger partial charge < -0.3 is 5.73 Å². The Hall–Kier alpha value is -1.96. The zero-order valence-corrected chi connectivity index (χ0v) is 10.8. The highest BCUT2D eigenvalue weighted by molar-refractivity contribution is 7.80. The quantitative estimate of drug-likeness (QED) is 0.700. The molecule has 2 N–H and O–H groups in total. The van der Waals surface area contributed by atoms with Crippen molar-refractivity contribution in [1.29, 1.82) is 0 Å². The summed E-state index contributed by atoms with van der Waals surface area (Å²) < 4.78 is 52.3. The van der Waals surface area contributed by atoms with Crippen LogP contribution < -0.4 is 5.73 Å². The second kappa shape index (κ2) is 5.20. The van der Waals surface area contributed by atoms with Crippen molar-refractivity contribution < 1.29 is 17.6 Å². The first-order valence-corrected chi connectivity index (χ1v) is 5.86. The first-order chi connectivity index (χ1) is 9.29. The standard InChI is InChI=1S/C12H9F4N3S/c13-10-7(2-1-3-9(10)11(17)20)5-19-6-8(4-18-19)12(14,15)16/h1-4,6H,5H2,(H2,17,20). The lowest BCUT2D eigenvalue weighted by atomic mass is 10.1. The molecular formula is C12H9F4N3S. The summed E-state index contributed by atoms with van der Waals surface area (Å²) in [5, 5.41) is 3.56. The molecule has 3 nitrogen and oxygen atoms in total. The molecule has 0 bridgehead atoms. The Morgan fingerprint density at radius 3 is 2.60 bits per heavy atom. The van der Waals surface area contributed by atoms with E-state index in [0.717, 1.165) is 10.9 Å². The fourth-order valence-corrected chi connectivity index (χ4v) is 1.82. The van der Waals surface area contributed by atoms with E-state index in [4.69, 9.17) is 18.0 Å². The maximum absolute atomic E-state index is 14.0. The number of benzene rings is 1. The molecule has 1 aromatic heterocycles. The van der Waals surface area contributed by atoms with Gasteiger partial charge in [-0.3, -0.25) is 4.68 Å². The van der Waals surface area contributed by atoms with Crippen molar-refractivity contribution in [2.75, 3.05) is 0 Å². The predicted molar refractivity (Wildman–Crippen MR) is 68.6 cm³/mol. The molecular weight excluding hydrogens is 294 g/mol. The summed E-state index contributed by atoms with van der Waals surface area (Å²) in [6.07, 6.45) is -2.97. The number of rotatable bonds is 3. The molecule has 0 unspecified atom stereocenters. The lowest BCUT2D eigenvalue weighted by Crippen LogP contribution is -2.14. The lowest BCUT2D eigenvalue weighted by Gasteiger charge is -2.07. The third kappa shape index (κ3) is 2.96. The zero-order valence-electron chi connectivity index (χ0n) is 9.99. The van der Waals surface area contributed by atoms with E-state index < -0.39 is 17.6 Å². The average molecular weight is 303 g/mol. The molecule has 1 aromatic carbocycles. The van der Waals surface area contributed by atoms with Crippen LogP contribution in [0.4, 0.5) is 17.6 Å². The van der Waals surface area contributed by atoms with Crippen LogP contribution in [-0.4, -0.2) is 14.8 Å². The molecule has 2 rings (SSSR count). The number of thiocarbonyl (C=S) groups is 1. The van der Waals surface area contributed by atoms with Crippen molar-refractivity contribution >= 4 is 17.2 Å². The van der Waals surface area contributed by atoms with Gasteiger partial charge in [0.2, 0.25) is 0 Å². The van der Waals surface area contributed by atoms with Crippen molar-refractivity contribution in [3.63, 3.8) is 0 Å². The minimum atomic E-state index is -4.47. The number of hydrogen-bond donors (Lipinski definition) is 1. The highest BCUT2D eigenvalue weighted by Gasteiger charge is 2.32. The van der Waals surface area contributed by atoms with Crippen LogP contribution in [0.25, 0.3) is 0 Å². The summed E-state index contributed by atoms with van der Waals surface area (Å²) in [7, 11) is 0. The minimum Gasteiger partial charge on any atom is -0.389 e. The summed E-state index contributed by atoms with van der Waals surface area (Å²) in [6, 6.07) is 4.37. The van der Waals surface area contributed by atoms with Crippen LogP contribution in [0.2, 0.25) is 0 Å². The molecule has 0 aliphatic rings. The van der Waals surface area contributed by atoms with E-state index in [2.05, 4.69) is 5.10 Å². The first kappa shape index (κ1) is 14.4. The SMILES string of the molecule is NC(=S)c1cccc(Cn2cc(C(F)(F)F)cn2)c1F. The van der Waals surface area contributed by atoms with Gasteiger partial charge in [-0.2, -0.15) is 18.3 Å². The molecule has 8 heteroatoms. The van der Waals surface area contributed by atoms with Crippen LogP contribution in [0.3, 0.4) is 0 Å². The van der Waals surface area contributed by atoms with Gasteiger partial charge >= 0.3 is 6.18 Å². The van der Waals surface area contributed by atoms with Gasteiger partial charge in [0.1, 0.15) is 10.8 Å². The van der Waals surface area contributed by atoms with Crippen LogP contribution in [0.5, 0.6) is 0 Å². The fraction of sp³-hybridized carbons (Fsp3) is 0.167. The fourth-order valence-electron chi connectivity index (χ4n) is 1.66. The Labute approximate surface area is 117 Å². The Bertz CT molecular complexity index is 648. The largest absolute Gasteiger partial charge is 0.419 e. The van der Waals surface area contributed by atoms with Gasteiger partial charge in [0.05, 0.1) is 18.3 Å². The number of alkyl halides is 3. The number of aromatic nitrogens is 2. The topological polar surface area (TPSA) is 43.8 Å². The van der Waals surface area contributed by atoms with Gasteiger partial charge in [0, 0.05) is 17.3 Å². The molecule has 0 spiro atoms. The van der Waals surface area contributed by atoms with Crippen molar-refractivity contribution in [3.8, 4) is 0 Å². The van der Waals surface area contributed by atoms with Gasteiger partial charge in [-0.15, -0.1) is 0 Å². The molecule has 20 heavy (non-hydrogen) atoms. The van der Waals surface area contributed by atoms with Crippen molar-refractivity contribution in [2.24, 2.45) is 5.73 Å². The summed E-state index contributed by atoms with van der Waals surface area (Å²) in [4.78, 5) is -0.110. The minimum absolute atomic E-state index is 0.0562. The number of hydrogen-bond acceptors (Lipinski definition) is 2. The lowest BCUT2D eigenvalue weighted by molar-refractivity contribution is -0.137. The number of halogens is 4. The highest BCUT2D eigenvalue weighted by Crippen LogP contribution is 2.28. The molecule has 0 saturated heterocycles. The van der Waals surface area contributed by atoms with Gasteiger partial charge in [0.25, 0.3) is 0 Å². The molecule has 0 saturated carbocycles. The summed E-state index contributed by atoms with van der Waals surface area (Å²) in [5.41, 5.74) is 4.69. The second-order valence-electron chi connectivity index (χ2n) is 4.07. The van der Waals surface area contributed by atoms with Crippen LogP contribution >= 0.6 is 12.2 Å². The van der Waals surface area contributed by atoms with Crippen LogP contribution in [-0.2, 0) is 12.7 Å². The number of nitrogens with zero attached hydrogens (tertiary/aromatic N) is 2. The molecule has 106 valence electrons. The normalized spacial score (nSPS) is 11.6. The maximum Gasteiger partial charge on any atom is 0.419 e. The maximum atomic E-state index is 14.0. The van der Waals surface area contributed by atoms with Gasteiger partial charge in [0.15, 0.2) is 0 Å². The Morgan fingerprint density at radius 1 is 1.35 bits per heavy atom. The highest BCUT2D eigenvalue weighted by atomic mass is 32.1. The summed E-state index contributed by atoms with van der Waals surface area (Å²) in [6.45, 7) is -0.141. The monoisotopic (exact) mass is 303 g/mol. The van der Waals surface area contributed by atoms with Crippen molar-refractivity contribution in [1.82, 2.24) is 9.78 Å². The van der Waals surface area contributed by atoms with E-state index in [1.807, 2.05) is 0 Å². The molecule has 2 aromatic rings. The Morgan fingerprint density at radius 2 is 2.05 bits per heavy atom. The van der Waals surface area contributed by atoms with Crippen LogP contribution in [0.15, 0.2) is 30.6 Å².